The highest BCUT2D eigenvalue weighted by Crippen LogP contribution is 2.40. The maximum Gasteiger partial charge on any atom is 0.269 e. The van der Waals surface area contributed by atoms with Crippen molar-refractivity contribution >= 4 is 23.0 Å². The van der Waals surface area contributed by atoms with E-state index < -0.39 is 4.92 Å². The van der Waals surface area contributed by atoms with Crippen molar-refractivity contribution in [1.29, 1.82) is 0 Å². The highest BCUT2D eigenvalue weighted by Gasteiger charge is 2.41. The van der Waals surface area contributed by atoms with Crippen LogP contribution in [0.5, 0.6) is 0 Å². The number of furan rings is 1. The Kier molecular flexibility index (Phi) is 5.76. The Morgan fingerprint density at radius 3 is 2.67 bits per heavy atom. The van der Waals surface area contributed by atoms with Crippen LogP contribution < -0.4 is 5.32 Å². The first-order valence-corrected chi connectivity index (χ1v) is 10.3. The van der Waals surface area contributed by atoms with E-state index in [9.17, 15) is 10.1 Å². The van der Waals surface area contributed by atoms with Gasteiger partial charge in [0.1, 0.15) is 17.6 Å². The molecule has 1 saturated heterocycles. The zero-order valence-electron chi connectivity index (χ0n) is 16.5. The lowest BCUT2D eigenvalue weighted by atomic mass is 10.0. The number of nitro benzene ring substituents is 1. The van der Waals surface area contributed by atoms with E-state index in [2.05, 4.69) is 22.1 Å². The lowest BCUT2D eigenvalue weighted by molar-refractivity contribution is -0.384. The van der Waals surface area contributed by atoms with Gasteiger partial charge in [-0.25, -0.2) is 0 Å². The van der Waals surface area contributed by atoms with E-state index in [1.807, 2.05) is 30.3 Å². The van der Waals surface area contributed by atoms with Crippen LogP contribution in [-0.2, 0) is 0 Å². The first kappa shape index (κ1) is 20.0. The Morgan fingerprint density at radius 1 is 1.20 bits per heavy atom. The number of unbranched alkanes of at least 4 members (excludes halogenated alkanes) is 1. The number of hydrogen-bond donors (Lipinski definition) is 1. The lowest BCUT2D eigenvalue weighted by Crippen LogP contribution is -2.30. The average molecular weight is 423 g/mol. The van der Waals surface area contributed by atoms with Crippen LogP contribution >= 0.6 is 12.2 Å². The third-order valence-corrected chi connectivity index (χ3v) is 5.58. The summed E-state index contributed by atoms with van der Waals surface area (Å²) < 4.78 is 6.23. The molecule has 0 spiro atoms. The van der Waals surface area contributed by atoms with Crippen molar-refractivity contribution in [3.05, 3.63) is 82.4 Å². The minimum atomic E-state index is -0.411. The number of rotatable bonds is 7. The fraction of sp³-hybridized carbons (Fsp3) is 0.273. The molecule has 4 rings (SSSR count). The molecule has 1 aliphatic heterocycles. The van der Waals surface area contributed by atoms with Crippen molar-refractivity contribution in [2.45, 2.75) is 31.8 Å². The minimum Gasteiger partial charge on any atom is -0.459 e. The van der Waals surface area contributed by atoms with Crippen molar-refractivity contribution in [2.24, 2.45) is 0 Å². The summed E-state index contributed by atoms with van der Waals surface area (Å²) >= 11 is 5.63. The van der Waals surface area contributed by atoms with Crippen LogP contribution in [0.4, 0.5) is 5.69 Å². The van der Waals surface area contributed by atoms with E-state index in [4.69, 9.17) is 16.6 Å². The molecule has 0 amide bonds. The van der Waals surface area contributed by atoms with Crippen LogP contribution in [0.3, 0.4) is 0 Å². The molecule has 30 heavy (non-hydrogen) atoms. The second-order valence-electron chi connectivity index (χ2n) is 7.18. The van der Waals surface area contributed by atoms with Crippen molar-refractivity contribution in [2.75, 3.05) is 6.54 Å². The number of hydrogen-bond acceptors (Lipinski definition) is 5. The zero-order chi connectivity index (χ0) is 21.1. The second-order valence-corrected chi connectivity index (χ2v) is 7.57. The molecule has 2 aromatic heterocycles. The molecule has 1 fully saturated rings. The van der Waals surface area contributed by atoms with Crippen LogP contribution in [0.2, 0.25) is 0 Å². The number of aromatic nitrogens is 1. The molecule has 2 unspecified atom stereocenters. The second kappa shape index (κ2) is 8.62. The van der Waals surface area contributed by atoms with E-state index in [1.165, 1.54) is 12.1 Å². The number of nitro groups is 1. The minimum absolute atomic E-state index is 0.0526. The van der Waals surface area contributed by atoms with Crippen LogP contribution in [0.1, 0.15) is 43.3 Å². The molecule has 0 aliphatic carbocycles. The molecule has 1 aliphatic rings. The van der Waals surface area contributed by atoms with E-state index in [-0.39, 0.29) is 17.8 Å². The number of thiocarbonyl (C=S) groups is 1. The fourth-order valence-corrected chi connectivity index (χ4v) is 4.03. The molecule has 154 valence electrons. The van der Waals surface area contributed by atoms with Gasteiger partial charge in [-0.15, -0.1) is 0 Å². The number of nitrogens with zero attached hydrogens (tertiary/aromatic N) is 3. The van der Waals surface area contributed by atoms with Gasteiger partial charge in [-0.1, -0.05) is 19.4 Å². The van der Waals surface area contributed by atoms with Crippen LogP contribution in [0, 0.1) is 10.1 Å². The van der Waals surface area contributed by atoms with Gasteiger partial charge in [-0.05, 0) is 55.0 Å². The van der Waals surface area contributed by atoms with Crippen molar-refractivity contribution in [1.82, 2.24) is 15.2 Å². The average Bonchev–Trinajstić information content (AvgIpc) is 3.37. The molecule has 0 radical (unpaired) electrons. The van der Waals surface area contributed by atoms with Gasteiger partial charge in [-0.3, -0.25) is 15.1 Å². The Labute approximate surface area is 179 Å². The van der Waals surface area contributed by atoms with Gasteiger partial charge in [0.05, 0.1) is 16.7 Å². The Bertz CT molecular complexity index is 1040. The molecule has 0 saturated carbocycles. The Balaban J connectivity index is 1.67. The van der Waals surface area contributed by atoms with Gasteiger partial charge in [0.15, 0.2) is 5.11 Å². The summed E-state index contributed by atoms with van der Waals surface area (Å²) in [5, 5.41) is 15.0. The van der Waals surface area contributed by atoms with E-state index in [1.54, 1.807) is 18.3 Å². The van der Waals surface area contributed by atoms with Crippen LogP contribution in [0.15, 0.2) is 65.2 Å². The Hall–Kier alpha value is -3.26. The fourth-order valence-electron chi connectivity index (χ4n) is 3.70. The first-order valence-electron chi connectivity index (χ1n) is 9.91. The van der Waals surface area contributed by atoms with Gasteiger partial charge in [0.25, 0.3) is 5.69 Å². The summed E-state index contributed by atoms with van der Waals surface area (Å²) in [6.07, 6.45) is 3.85. The SMILES string of the molecule is CCCCN1C(=S)NC(c2ccccn2)C1c1ccc(-c2ccc([N+](=O)[O-])cc2)o1. The molecular formula is C22H22N4O3S. The summed E-state index contributed by atoms with van der Waals surface area (Å²) in [6.45, 7) is 2.97. The highest BCUT2D eigenvalue weighted by atomic mass is 32.1. The monoisotopic (exact) mass is 422 g/mol. The molecule has 8 heteroatoms. The smallest absolute Gasteiger partial charge is 0.269 e. The summed E-state index contributed by atoms with van der Waals surface area (Å²) in [6, 6.07) is 15.8. The van der Waals surface area contributed by atoms with Crippen LogP contribution in [-0.4, -0.2) is 26.5 Å². The molecule has 3 heterocycles. The van der Waals surface area contributed by atoms with Crippen molar-refractivity contribution in [3.8, 4) is 11.3 Å². The largest absolute Gasteiger partial charge is 0.459 e. The van der Waals surface area contributed by atoms with Gasteiger partial charge >= 0.3 is 0 Å². The molecule has 1 N–H and O–H groups in total. The predicted molar refractivity (Wildman–Crippen MR) is 118 cm³/mol. The summed E-state index contributed by atoms with van der Waals surface area (Å²) in [5.41, 5.74) is 1.74. The van der Waals surface area contributed by atoms with Crippen molar-refractivity contribution in [3.63, 3.8) is 0 Å². The summed E-state index contributed by atoms with van der Waals surface area (Å²) in [5.74, 6) is 1.44. The first-order chi connectivity index (χ1) is 14.6. The topological polar surface area (TPSA) is 84.4 Å². The number of non-ortho nitro benzene ring substituents is 1. The third kappa shape index (κ3) is 3.91. The number of pyridine rings is 1. The Morgan fingerprint density at radius 2 is 2.00 bits per heavy atom. The summed E-state index contributed by atoms with van der Waals surface area (Å²) in [4.78, 5) is 17.2. The normalized spacial score (nSPS) is 18.4. The standard InChI is InChI=1S/C22H22N4O3S/c1-2-3-14-25-21(20(24-22(25)30)17-6-4-5-13-23-17)19-12-11-18(29-19)15-7-9-16(10-8-15)26(27)28/h4-13,20-21H,2-3,14H2,1H3,(H,24,30). The van der Waals surface area contributed by atoms with Crippen LogP contribution in [0.25, 0.3) is 11.3 Å². The van der Waals surface area contributed by atoms with Gasteiger partial charge in [-0.2, -0.15) is 0 Å². The maximum absolute atomic E-state index is 10.9. The van der Waals surface area contributed by atoms with Crippen molar-refractivity contribution < 1.29 is 9.34 Å². The molecular weight excluding hydrogens is 400 g/mol. The molecule has 1 aromatic carbocycles. The molecule has 3 aromatic rings. The molecule has 0 bridgehead atoms. The van der Waals surface area contributed by atoms with E-state index in [0.29, 0.717) is 10.9 Å². The lowest BCUT2D eigenvalue weighted by Gasteiger charge is -2.25. The van der Waals surface area contributed by atoms with Gasteiger partial charge in [0.2, 0.25) is 0 Å². The highest BCUT2D eigenvalue weighted by molar-refractivity contribution is 7.80. The zero-order valence-corrected chi connectivity index (χ0v) is 17.3. The molecule has 2 atom stereocenters. The quantitative estimate of drug-likeness (QED) is 0.325. The van der Waals surface area contributed by atoms with E-state index >= 15 is 0 Å². The number of nitrogens with one attached hydrogen (secondary N) is 1. The maximum atomic E-state index is 10.9. The summed E-state index contributed by atoms with van der Waals surface area (Å²) in [7, 11) is 0. The molecule has 7 nitrogen and oxygen atoms in total. The van der Waals surface area contributed by atoms with Gasteiger partial charge in [0, 0.05) is 30.4 Å². The van der Waals surface area contributed by atoms with E-state index in [0.717, 1.165) is 36.4 Å². The predicted octanol–water partition coefficient (Wildman–Crippen LogP) is 5.02. The third-order valence-electron chi connectivity index (χ3n) is 5.23. The van der Waals surface area contributed by atoms with Gasteiger partial charge < -0.3 is 14.6 Å². The number of benzene rings is 1.